The van der Waals surface area contributed by atoms with Crippen molar-refractivity contribution in [3.05, 3.63) is 0 Å². The Morgan fingerprint density at radius 1 is 1.05 bits per heavy atom. The predicted molar refractivity (Wildman–Crippen MR) is 83.5 cm³/mol. The van der Waals surface area contributed by atoms with Gasteiger partial charge in [0.25, 0.3) is 0 Å². The van der Waals surface area contributed by atoms with Gasteiger partial charge in [-0.1, -0.05) is 20.8 Å². The van der Waals surface area contributed by atoms with E-state index in [0.29, 0.717) is 11.5 Å². The first kappa shape index (κ1) is 15.3. The fourth-order valence-electron chi connectivity index (χ4n) is 4.20. The van der Waals surface area contributed by atoms with Crippen molar-refractivity contribution in [2.24, 2.45) is 11.3 Å². The number of nitrogens with one attached hydrogen (secondary N) is 1. The Morgan fingerprint density at radius 3 is 2.26 bits per heavy atom. The van der Waals surface area contributed by atoms with Crippen LogP contribution in [-0.2, 0) is 0 Å². The number of hydrogen-bond acceptors (Lipinski definition) is 2. The second-order valence-electron chi connectivity index (χ2n) is 7.94. The number of hydrogen-bond donors (Lipinski definition) is 1. The maximum Gasteiger partial charge on any atom is 0.0251 e. The van der Waals surface area contributed by atoms with Crippen LogP contribution in [0.5, 0.6) is 0 Å². The molecule has 2 fully saturated rings. The van der Waals surface area contributed by atoms with Gasteiger partial charge in [-0.25, -0.2) is 0 Å². The number of nitrogens with zero attached hydrogens (tertiary/aromatic N) is 1. The minimum absolute atomic E-state index is 0.583. The molecule has 0 radical (unpaired) electrons. The van der Waals surface area contributed by atoms with Crippen LogP contribution in [0.25, 0.3) is 0 Å². The summed E-state index contributed by atoms with van der Waals surface area (Å²) in [4.78, 5) is 2.73. The van der Waals surface area contributed by atoms with Crippen LogP contribution >= 0.6 is 0 Å². The molecule has 2 aliphatic rings. The molecule has 0 amide bonds. The van der Waals surface area contributed by atoms with Gasteiger partial charge < -0.3 is 5.32 Å². The van der Waals surface area contributed by atoms with Crippen LogP contribution in [-0.4, -0.2) is 37.1 Å². The molecule has 0 aromatic carbocycles. The third kappa shape index (κ3) is 3.72. The Hall–Kier alpha value is -0.0800. The van der Waals surface area contributed by atoms with E-state index in [0.717, 1.165) is 18.0 Å². The van der Waals surface area contributed by atoms with Crippen molar-refractivity contribution in [2.45, 2.75) is 83.8 Å². The molecule has 0 spiro atoms. The minimum atomic E-state index is 0.583. The highest BCUT2D eigenvalue weighted by Gasteiger charge is 2.36. The quantitative estimate of drug-likeness (QED) is 0.838. The monoisotopic (exact) mass is 266 g/mol. The van der Waals surface area contributed by atoms with Crippen LogP contribution in [0, 0.1) is 11.3 Å². The summed E-state index contributed by atoms with van der Waals surface area (Å²) in [5.74, 6) is 0.900. The van der Waals surface area contributed by atoms with Gasteiger partial charge in [-0.3, -0.25) is 4.90 Å². The van der Waals surface area contributed by atoms with Crippen molar-refractivity contribution in [2.75, 3.05) is 14.1 Å². The van der Waals surface area contributed by atoms with E-state index in [9.17, 15) is 0 Å². The molecule has 0 aromatic rings. The molecule has 0 heterocycles. The van der Waals surface area contributed by atoms with Gasteiger partial charge in [0.15, 0.2) is 0 Å². The molecule has 2 rings (SSSR count). The Labute approximate surface area is 120 Å². The molecule has 1 N–H and O–H groups in total. The topological polar surface area (TPSA) is 15.3 Å². The third-order valence-corrected chi connectivity index (χ3v) is 5.86. The fourth-order valence-corrected chi connectivity index (χ4v) is 4.20. The lowest BCUT2D eigenvalue weighted by Crippen LogP contribution is -2.54. The van der Waals surface area contributed by atoms with Crippen LogP contribution in [0.2, 0.25) is 0 Å². The molecule has 2 heteroatoms. The van der Waals surface area contributed by atoms with E-state index in [4.69, 9.17) is 0 Å². The molecular weight excluding hydrogens is 232 g/mol. The lowest BCUT2D eigenvalue weighted by atomic mass is 9.74. The first-order chi connectivity index (χ1) is 8.93. The SMILES string of the molecule is CNC1CCC(C)CC1N(C)C1CCC(C)(C)CC1. The lowest BCUT2D eigenvalue weighted by Gasteiger charge is -2.46. The van der Waals surface area contributed by atoms with E-state index in [1.165, 1.54) is 44.9 Å². The Morgan fingerprint density at radius 2 is 1.68 bits per heavy atom. The second-order valence-corrected chi connectivity index (χ2v) is 7.94. The van der Waals surface area contributed by atoms with E-state index in [1.807, 2.05) is 0 Å². The normalized spacial score (nSPS) is 36.6. The van der Waals surface area contributed by atoms with Gasteiger partial charge in [0.1, 0.15) is 0 Å². The third-order valence-electron chi connectivity index (χ3n) is 5.86. The predicted octanol–water partition coefficient (Wildman–Crippen LogP) is 3.66. The van der Waals surface area contributed by atoms with Crippen LogP contribution in [0.15, 0.2) is 0 Å². The summed E-state index contributed by atoms with van der Waals surface area (Å²) in [6.07, 6.45) is 9.71. The zero-order valence-corrected chi connectivity index (χ0v) is 13.7. The smallest absolute Gasteiger partial charge is 0.0251 e. The van der Waals surface area contributed by atoms with Gasteiger partial charge >= 0.3 is 0 Å². The molecule has 19 heavy (non-hydrogen) atoms. The molecule has 0 aliphatic heterocycles. The first-order valence-corrected chi connectivity index (χ1v) is 8.32. The average Bonchev–Trinajstić information content (AvgIpc) is 2.38. The molecule has 3 unspecified atom stereocenters. The molecule has 0 bridgehead atoms. The minimum Gasteiger partial charge on any atom is -0.315 e. The first-order valence-electron chi connectivity index (χ1n) is 8.32. The molecule has 3 atom stereocenters. The number of likely N-dealkylation sites (N-methyl/N-ethyl adjacent to an activating group) is 2. The van der Waals surface area contributed by atoms with Gasteiger partial charge in [-0.2, -0.15) is 0 Å². The lowest BCUT2D eigenvalue weighted by molar-refractivity contribution is 0.0519. The van der Waals surface area contributed by atoms with Crippen molar-refractivity contribution in [3.63, 3.8) is 0 Å². The van der Waals surface area contributed by atoms with Crippen molar-refractivity contribution >= 4 is 0 Å². The van der Waals surface area contributed by atoms with Gasteiger partial charge in [0.05, 0.1) is 0 Å². The van der Waals surface area contributed by atoms with Gasteiger partial charge in [-0.05, 0) is 70.4 Å². The maximum atomic E-state index is 3.57. The maximum absolute atomic E-state index is 3.57. The van der Waals surface area contributed by atoms with Gasteiger partial charge in [-0.15, -0.1) is 0 Å². The summed E-state index contributed by atoms with van der Waals surface area (Å²) < 4.78 is 0. The second kappa shape index (κ2) is 6.13. The highest BCUT2D eigenvalue weighted by Crippen LogP contribution is 2.38. The van der Waals surface area contributed by atoms with Crippen LogP contribution in [0.1, 0.15) is 65.7 Å². The summed E-state index contributed by atoms with van der Waals surface area (Å²) in [7, 11) is 4.53. The van der Waals surface area contributed by atoms with Gasteiger partial charge in [0, 0.05) is 18.1 Å². The van der Waals surface area contributed by atoms with Crippen LogP contribution < -0.4 is 5.32 Å². The van der Waals surface area contributed by atoms with Crippen LogP contribution in [0.4, 0.5) is 0 Å². The fraction of sp³-hybridized carbons (Fsp3) is 1.00. The van der Waals surface area contributed by atoms with Crippen molar-refractivity contribution in [1.82, 2.24) is 10.2 Å². The zero-order chi connectivity index (χ0) is 14.0. The molecule has 2 nitrogen and oxygen atoms in total. The highest BCUT2D eigenvalue weighted by molar-refractivity contribution is 4.93. The summed E-state index contributed by atoms with van der Waals surface area (Å²) in [6, 6.07) is 2.27. The van der Waals surface area contributed by atoms with E-state index < -0.39 is 0 Å². The zero-order valence-electron chi connectivity index (χ0n) is 13.7. The molecule has 0 aromatic heterocycles. The molecule has 2 saturated carbocycles. The summed E-state index contributed by atoms with van der Waals surface area (Å²) in [5.41, 5.74) is 0.583. The largest absolute Gasteiger partial charge is 0.315 e. The molecular formula is C17H34N2. The Kier molecular flexibility index (Phi) is 4.94. The summed E-state index contributed by atoms with van der Waals surface area (Å²) >= 11 is 0. The molecule has 0 saturated heterocycles. The molecule has 112 valence electrons. The summed E-state index contributed by atoms with van der Waals surface area (Å²) in [6.45, 7) is 7.29. The van der Waals surface area contributed by atoms with Crippen LogP contribution in [0.3, 0.4) is 0 Å². The van der Waals surface area contributed by atoms with Crippen molar-refractivity contribution < 1.29 is 0 Å². The van der Waals surface area contributed by atoms with Gasteiger partial charge in [0.2, 0.25) is 0 Å². The van der Waals surface area contributed by atoms with E-state index >= 15 is 0 Å². The summed E-state index contributed by atoms with van der Waals surface area (Å²) in [5, 5.41) is 3.57. The Bertz CT molecular complexity index is 277. The molecule has 2 aliphatic carbocycles. The van der Waals surface area contributed by atoms with E-state index in [-0.39, 0.29) is 0 Å². The average molecular weight is 266 g/mol. The van der Waals surface area contributed by atoms with Crippen molar-refractivity contribution in [1.29, 1.82) is 0 Å². The van der Waals surface area contributed by atoms with E-state index in [2.05, 4.69) is 45.1 Å². The van der Waals surface area contributed by atoms with E-state index in [1.54, 1.807) is 0 Å². The highest BCUT2D eigenvalue weighted by atomic mass is 15.2. The number of rotatable bonds is 3. The Balaban J connectivity index is 1.95. The standard InChI is InChI=1S/C17H34N2/c1-13-6-7-15(18-4)16(12-13)19(5)14-8-10-17(2,3)11-9-14/h13-16,18H,6-12H2,1-5H3. The van der Waals surface area contributed by atoms with Crippen molar-refractivity contribution in [3.8, 4) is 0 Å².